The van der Waals surface area contributed by atoms with E-state index >= 15 is 0 Å². The maximum absolute atomic E-state index is 10.7. The minimum absolute atomic E-state index is 0.218. The first-order valence-electron chi connectivity index (χ1n) is 4.95. The van der Waals surface area contributed by atoms with Gasteiger partial charge in [-0.1, -0.05) is 11.6 Å². The molecule has 0 bridgehead atoms. The van der Waals surface area contributed by atoms with Crippen LogP contribution >= 0.6 is 27.5 Å². The monoisotopic (exact) mass is 333 g/mol. The zero-order valence-corrected chi connectivity index (χ0v) is 11.9. The van der Waals surface area contributed by atoms with Crippen LogP contribution in [-0.2, 0) is 13.6 Å². The van der Waals surface area contributed by atoms with Gasteiger partial charge in [-0.05, 0) is 27.8 Å². The number of nitro groups is 1. The van der Waals surface area contributed by atoms with Crippen molar-refractivity contribution in [3.8, 4) is 0 Å². The average Bonchev–Trinajstić information content (AvgIpc) is 2.75. The minimum atomic E-state index is -0.545. The highest BCUT2D eigenvalue weighted by Crippen LogP contribution is 2.24. The number of aromatic nitrogens is 4. The lowest BCUT2D eigenvalue weighted by Crippen LogP contribution is -2.06. The molecule has 0 saturated heterocycles. The molecule has 0 aliphatic heterocycles. The van der Waals surface area contributed by atoms with E-state index in [0.717, 1.165) is 11.4 Å². The van der Waals surface area contributed by atoms with Crippen LogP contribution in [0.2, 0.25) is 5.02 Å². The SMILES string of the molecule is Cc1nn(C)c(Cn2cc(Br)c([N+](=O)[O-])n2)c1Cl. The fourth-order valence-electron chi connectivity index (χ4n) is 1.60. The fourth-order valence-corrected chi connectivity index (χ4v) is 2.28. The molecule has 0 aliphatic rings. The Labute approximate surface area is 116 Å². The zero-order valence-electron chi connectivity index (χ0n) is 9.59. The third-order valence-corrected chi connectivity index (χ3v) is 3.50. The van der Waals surface area contributed by atoms with Crippen molar-refractivity contribution >= 4 is 33.3 Å². The highest BCUT2D eigenvalue weighted by Gasteiger charge is 2.20. The van der Waals surface area contributed by atoms with Crippen molar-refractivity contribution < 1.29 is 4.92 Å². The summed E-state index contributed by atoms with van der Waals surface area (Å²) in [5.41, 5.74) is 1.47. The molecule has 0 spiro atoms. The molecule has 0 fully saturated rings. The zero-order chi connectivity index (χ0) is 13.4. The molecule has 2 rings (SSSR count). The van der Waals surface area contributed by atoms with Crippen LogP contribution in [0.5, 0.6) is 0 Å². The topological polar surface area (TPSA) is 78.8 Å². The van der Waals surface area contributed by atoms with Crippen molar-refractivity contribution in [1.82, 2.24) is 19.6 Å². The van der Waals surface area contributed by atoms with E-state index < -0.39 is 4.92 Å². The molecule has 0 aromatic carbocycles. The first kappa shape index (κ1) is 13.0. The van der Waals surface area contributed by atoms with Crippen LogP contribution in [0.25, 0.3) is 0 Å². The lowest BCUT2D eigenvalue weighted by molar-refractivity contribution is -0.390. The highest BCUT2D eigenvalue weighted by molar-refractivity contribution is 9.10. The summed E-state index contributed by atoms with van der Waals surface area (Å²) in [6, 6.07) is 0. The summed E-state index contributed by atoms with van der Waals surface area (Å²) in [6.07, 6.45) is 1.54. The largest absolute Gasteiger partial charge is 0.404 e. The van der Waals surface area contributed by atoms with E-state index in [0.29, 0.717) is 16.0 Å². The molecule has 0 aliphatic carbocycles. The normalized spacial score (nSPS) is 10.9. The minimum Gasteiger partial charge on any atom is -0.358 e. The number of aryl methyl sites for hydroxylation is 2. The van der Waals surface area contributed by atoms with Gasteiger partial charge in [0.05, 0.1) is 27.7 Å². The predicted molar refractivity (Wildman–Crippen MR) is 68.6 cm³/mol. The number of rotatable bonds is 3. The standard InChI is InChI=1S/C9H9BrClN5O2/c1-5-8(11)7(14(2)12-5)4-15-3-6(10)9(13-15)16(17)18/h3H,4H2,1-2H3. The lowest BCUT2D eigenvalue weighted by atomic mass is 10.3. The molecule has 0 radical (unpaired) electrons. The van der Waals surface area contributed by atoms with Gasteiger partial charge in [0.15, 0.2) is 0 Å². The van der Waals surface area contributed by atoms with E-state index in [1.807, 2.05) is 0 Å². The quantitative estimate of drug-likeness (QED) is 0.637. The van der Waals surface area contributed by atoms with Gasteiger partial charge in [-0.15, -0.1) is 0 Å². The van der Waals surface area contributed by atoms with E-state index in [4.69, 9.17) is 11.6 Å². The first-order chi connectivity index (χ1) is 8.40. The van der Waals surface area contributed by atoms with Crippen molar-refractivity contribution in [2.24, 2.45) is 7.05 Å². The molecule has 2 heterocycles. The van der Waals surface area contributed by atoms with Gasteiger partial charge in [0.1, 0.15) is 11.0 Å². The smallest absolute Gasteiger partial charge is 0.358 e. The first-order valence-corrected chi connectivity index (χ1v) is 6.12. The third kappa shape index (κ3) is 2.25. The van der Waals surface area contributed by atoms with Crippen molar-refractivity contribution in [3.63, 3.8) is 0 Å². The van der Waals surface area contributed by atoms with Gasteiger partial charge in [0.25, 0.3) is 0 Å². The van der Waals surface area contributed by atoms with Crippen molar-refractivity contribution in [2.75, 3.05) is 0 Å². The molecule has 96 valence electrons. The van der Waals surface area contributed by atoms with E-state index in [1.54, 1.807) is 18.7 Å². The Kier molecular flexibility index (Phi) is 3.40. The lowest BCUT2D eigenvalue weighted by Gasteiger charge is -1.99. The number of hydrogen-bond acceptors (Lipinski definition) is 4. The summed E-state index contributed by atoms with van der Waals surface area (Å²) in [5.74, 6) is -0.218. The maximum atomic E-state index is 10.7. The van der Waals surface area contributed by atoms with Crippen molar-refractivity contribution in [2.45, 2.75) is 13.5 Å². The fraction of sp³-hybridized carbons (Fsp3) is 0.333. The number of nitrogens with zero attached hydrogens (tertiary/aromatic N) is 5. The molecule has 18 heavy (non-hydrogen) atoms. The number of halogens is 2. The summed E-state index contributed by atoms with van der Waals surface area (Å²) in [6.45, 7) is 2.12. The third-order valence-electron chi connectivity index (χ3n) is 2.45. The van der Waals surface area contributed by atoms with Gasteiger partial charge in [-0.3, -0.25) is 4.68 Å². The van der Waals surface area contributed by atoms with Crippen molar-refractivity contribution in [1.29, 1.82) is 0 Å². The van der Waals surface area contributed by atoms with Crippen LogP contribution in [0.3, 0.4) is 0 Å². The second-order valence-corrected chi connectivity index (χ2v) is 4.96. The Hall–Kier alpha value is -1.41. The van der Waals surface area contributed by atoms with Gasteiger partial charge < -0.3 is 10.1 Å². The molecule has 0 N–H and O–H groups in total. The summed E-state index contributed by atoms with van der Waals surface area (Å²) in [5, 5.41) is 19.3. The van der Waals surface area contributed by atoms with Gasteiger partial charge in [-0.2, -0.15) is 9.78 Å². The molecular formula is C9H9BrClN5O2. The highest BCUT2D eigenvalue weighted by atomic mass is 79.9. The van der Waals surface area contributed by atoms with Crippen LogP contribution in [0, 0.1) is 17.0 Å². The Balaban J connectivity index is 2.34. The Bertz CT molecular complexity index is 621. The Morgan fingerprint density at radius 2 is 2.22 bits per heavy atom. The van der Waals surface area contributed by atoms with E-state index in [2.05, 4.69) is 26.1 Å². The van der Waals surface area contributed by atoms with Gasteiger partial charge >= 0.3 is 5.82 Å². The molecule has 9 heteroatoms. The van der Waals surface area contributed by atoms with Crippen LogP contribution < -0.4 is 0 Å². The Morgan fingerprint density at radius 1 is 1.56 bits per heavy atom. The second-order valence-electron chi connectivity index (χ2n) is 3.73. The molecule has 2 aromatic heterocycles. The Morgan fingerprint density at radius 3 is 2.67 bits per heavy atom. The summed E-state index contributed by atoms with van der Waals surface area (Å²) >= 11 is 9.20. The number of hydrogen-bond donors (Lipinski definition) is 0. The molecule has 0 saturated carbocycles. The summed E-state index contributed by atoms with van der Waals surface area (Å²) in [7, 11) is 1.77. The van der Waals surface area contributed by atoms with Gasteiger partial charge in [0, 0.05) is 7.05 Å². The molecule has 0 unspecified atom stereocenters. The molecule has 7 nitrogen and oxygen atoms in total. The van der Waals surface area contributed by atoms with Crippen LogP contribution in [0.15, 0.2) is 10.7 Å². The van der Waals surface area contributed by atoms with Gasteiger partial charge in [-0.25, -0.2) is 0 Å². The molecule has 2 aromatic rings. The molecular weight excluding hydrogens is 325 g/mol. The average molecular weight is 335 g/mol. The molecule has 0 atom stereocenters. The maximum Gasteiger partial charge on any atom is 0.404 e. The molecule has 0 amide bonds. The van der Waals surface area contributed by atoms with Gasteiger partial charge in [0.2, 0.25) is 0 Å². The predicted octanol–water partition coefficient (Wildman–Crippen LogP) is 2.30. The van der Waals surface area contributed by atoms with Crippen LogP contribution in [-0.4, -0.2) is 24.5 Å². The van der Waals surface area contributed by atoms with Crippen LogP contribution in [0.1, 0.15) is 11.4 Å². The van der Waals surface area contributed by atoms with Crippen LogP contribution in [0.4, 0.5) is 5.82 Å². The van der Waals surface area contributed by atoms with E-state index in [9.17, 15) is 10.1 Å². The second kappa shape index (κ2) is 4.69. The summed E-state index contributed by atoms with van der Waals surface area (Å²) < 4.78 is 3.42. The van der Waals surface area contributed by atoms with E-state index in [1.165, 1.54) is 10.9 Å². The van der Waals surface area contributed by atoms with E-state index in [-0.39, 0.29) is 5.82 Å². The van der Waals surface area contributed by atoms with Crippen molar-refractivity contribution in [3.05, 3.63) is 37.2 Å². The summed E-state index contributed by atoms with van der Waals surface area (Å²) in [4.78, 5) is 10.1.